The molecule has 0 bridgehead atoms. The fourth-order valence-electron chi connectivity index (χ4n) is 0.846. The molecule has 0 atom stereocenters. The molecule has 1 rings (SSSR count). The Morgan fingerprint density at radius 1 is 1.58 bits per heavy atom. The number of thiophene rings is 1. The molecule has 6 heteroatoms. The van der Waals surface area contributed by atoms with Crippen molar-refractivity contribution in [3.05, 3.63) is 16.5 Å². The first-order chi connectivity index (χ1) is 5.52. The van der Waals surface area contributed by atoms with E-state index < -0.39 is 13.1 Å². The van der Waals surface area contributed by atoms with E-state index in [1.165, 1.54) is 6.07 Å². The van der Waals surface area contributed by atoms with Crippen LogP contribution in [0, 0.1) is 6.92 Å². The molecule has 0 amide bonds. The number of carboxylic acids is 1. The molecule has 0 fully saturated rings. The molecule has 0 saturated carbocycles. The van der Waals surface area contributed by atoms with Crippen LogP contribution < -0.4 is 4.78 Å². The third-order valence-corrected chi connectivity index (χ3v) is 2.65. The summed E-state index contributed by atoms with van der Waals surface area (Å²) in [6, 6.07) is 1.46. The third-order valence-electron chi connectivity index (χ3n) is 1.39. The van der Waals surface area contributed by atoms with Gasteiger partial charge in [0, 0.05) is 4.78 Å². The Hall–Kier alpha value is -0.845. The van der Waals surface area contributed by atoms with E-state index in [0.29, 0.717) is 5.56 Å². The van der Waals surface area contributed by atoms with E-state index >= 15 is 0 Å². The van der Waals surface area contributed by atoms with Crippen LogP contribution in [0.2, 0.25) is 0 Å². The van der Waals surface area contributed by atoms with Gasteiger partial charge in [0.1, 0.15) is 4.88 Å². The molecule has 0 aliphatic heterocycles. The summed E-state index contributed by atoms with van der Waals surface area (Å²) >= 11 is 0.876. The van der Waals surface area contributed by atoms with Crippen LogP contribution in [0.3, 0.4) is 0 Å². The van der Waals surface area contributed by atoms with Crippen LogP contribution in [0.5, 0.6) is 0 Å². The predicted octanol–water partition coefficient (Wildman–Crippen LogP) is -0.565. The van der Waals surface area contributed by atoms with Crippen LogP contribution in [0.1, 0.15) is 15.2 Å². The summed E-state index contributed by atoms with van der Waals surface area (Å²) in [6.07, 6.45) is 0. The molecule has 0 radical (unpaired) electrons. The zero-order valence-corrected chi connectivity index (χ0v) is 7.13. The molecule has 1 aromatic heterocycles. The number of hydrogen-bond acceptors (Lipinski definition) is 4. The van der Waals surface area contributed by atoms with Crippen molar-refractivity contribution >= 4 is 29.2 Å². The number of carbonyl (C=O) groups is 1. The summed E-state index contributed by atoms with van der Waals surface area (Å²) in [5.41, 5.74) is 0.551. The number of hydrogen-bond donors (Lipinski definition) is 3. The van der Waals surface area contributed by atoms with Crippen molar-refractivity contribution in [3.63, 3.8) is 0 Å². The van der Waals surface area contributed by atoms with Crippen LogP contribution in [0.25, 0.3) is 0 Å². The first-order valence-corrected chi connectivity index (χ1v) is 4.03. The molecule has 0 aliphatic rings. The maximum absolute atomic E-state index is 10.5. The Morgan fingerprint density at radius 3 is 2.42 bits per heavy atom. The van der Waals surface area contributed by atoms with Crippen molar-refractivity contribution in [2.45, 2.75) is 6.92 Å². The Bertz CT molecular complexity index is 306. The van der Waals surface area contributed by atoms with Gasteiger partial charge in [-0.05, 0) is 18.6 Å². The maximum atomic E-state index is 10.5. The Kier molecular flexibility index (Phi) is 2.51. The van der Waals surface area contributed by atoms with E-state index in [4.69, 9.17) is 15.2 Å². The van der Waals surface area contributed by atoms with Gasteiger partial charge in [-0.25, -0.2) is 4.79 Å². The fraction of sp³-hybridized carbons (Fsp3) is 0.167. The highest BCUT2D eigenvalue weighted by molar-refractivity contribution is 7.23. The molecule has 1 aromatic rings. The highest BCUT2D eigenvalue weighted by atomic mass is 32.1. The van der Waals surface area contributed by atoms with Gasteiger partial charge in [0.15, 0.2) is 0 Å². The van der Waals surface area contributed by atoms with Crippen molar-refractivity contribution < 1.29 is 19.9 Å². The molecule has 0 spiro atoms. The predicted molar refractivity (Wildman–Crippen MR) is 45.8 cm³/mol. The van der Waals surface area contributed by atoms with Gasteiger partial charge in [0.2, 0.25) is 0 Å². The van der Waals surface area contributed by atoms with Gasteiger partial charge in [0.25, 0.3) is 0 Å². The first kappa shape index (κ1) is 9.24. The van der Waals surface area contributed by atoms with Crippen molar-refractivity contribution in [2.75, 3.05) is 0 Å². The van der Waals surface area contributed by atoms with Gasteiger partial charge < -0.3 is 15.2 Å². The Balaban J connectivity index is 3.09. The minimum Gasteiger partial charge on any atom is -0.477 e. The normalized spacial score (nSPS) is 9.92. The molecule has 0 aromatic carbocycles. The number of aryl methyl sites for hydroxylation is 1. The molecule has 64 valence electrons. The molecule has 4 nitrogen and oxygen atoms in total. The average Bonchev–Trinajstić information content (AvgIpc) is 2.30. The van der Waals surface area contributed by atoms with Gasteiger partial charge >= 0.3 is 13.1 Å². The van der Waals surface area contributed by atoms with Gasteiger partial charge in [-0.15, -0.1) is 11.3 Å². The van der Waals surface area contributed by atoms with Gasteiger partial charge in [-0.1, -0.05) is 0 Å². The van der Waals surface area contributed by atoms with E-state index in [1.54, 1.807) is 6.92 Å². The lowest BCUT2D eigenvalue weighted by molar-refractivity contribution is 0.0701. The van der Waals surface area contributed by atoms with E-state index in [1.807, 2.05) is 0 Å². The molecule has 0 unspecified atom stereocenters. The van der Waals surface area contributed by atoms with Crippen molar-refractivity contribution in [1.82, 2.24) is 0 Å². The molecule has 1 heterocycles. The molecule has 3 N–H and O–H groups in total. The van der Waals surface area contributed by atoms with Crippen LogP contribution in [0.4, 0.5) is 0 Å². The Morgan fingerprint density at radius 2 is 2.17 bits per heavy atom. The lowest BCUT2D eigenvalue weighted by Gasteiger charge is -1.88. The van der Waals surface area contributed by atoms with Crippen LogP contribution in [0.15, 0.2) is 6.07 Å². The van der Waals surface area contributed by atoms with Crippen LogP contribution in [-0.4, -0.2) is 28.2 Å². The molecule has 0 aliphatic carbocycles. The molecular weight excluding hydrogens is 179 g/mol. The summed E-state index contributed by atoms with van der Waals surface area (Å²) in [5, 5.41) is 26.0. The average molecular weight is 186 g/mol. The van der Waals surface area contributed by atoms with Crippen molar-refractivity contribution in [3.8, 4) is 0 Å². The largest absolute Gasteiger partial charge is 0.499 e. The second-order valence-electron chi connectivity index (χ2n) is 2.34. The van der Waals surface area contributed by atoms with E-state index in [0.717, 1.165) is 11.3 Å². The van der Waals surface area contributed by atoms with E-state index in [9.17, 15) is 4.79 Å². The fourth-order valence-corrected chi connectivity index (χ4v) is 1.73. The quantitative estimate of drug-likeness (QED) is 0.540. The highest BCUT2D eigenvalue weighted by Gasteiger charge is 2.19. The van der Waals surface area contributed by atoms with E-state index in [-0.39, 0.29) is 9.65 Å². The first-order valence-electron chi connectivity index (χ1n) is 3.22. The number of carboxylic acid groups (broad SMARTS) is 1. The summed E-state index contributed by atoms with van der Waals surface area (Å²) in [7, 11) is -1.58. The smallest absolute Gasteiger partial charge is 0.477 e. The summed E-state index contributed by atoms with van der Waals surface area (Å²) in [5.74, 6) is -1.04. The molecule has 0 saturated heterocycles. The zero-order chi connectivity index (χ0) is 9.30. The molecular formula is C6H7BO4S. The number of rotatable bonds is 2. The minimum atomic E-state index is -1.58. The maximum Gasteiger partial charge on any atom is 0.499 e. The summed E-state index contributed by atoms with van der Waals surface area (Å²) < 4.78 is 0.255. The summed E-state index contributed by atoms with van der Waals surface area (Å²) in [4.78, 5) is 10.7. The van der Waals surface area contributed by atoms with E-state index in [2.05, 4.69) is 0 Å². The monoisotopic (exact) mass is 186 g/mol. The van der Waals surface area contributed by atoms with Crippen LogP contribution >= 0.6 is 11.3 Å². The van der Waals surface area contributed by atoms with Gasteiger partial charge in [-0.2, -0.15) is 0 Å². The lowest BCUT2D eigenvalue weighted by atomic mass is 9.89. The minimum absolute atomic E-state index is 0.151. The van der Waals surface area contributed by atoms with Crippen LogP contribution in [-0.2, 0) is 0 Å². The summed E-state index contributed by atoms with van der Waals surface area (Å²) in [6.45, 7) is 1.62. The van der Waals surface area contributed by atoms with Crippen molar-refractivity contribution in [1.29, 1.82) is 0 Å². The third kappa shape index (κ3) is 1.66. The second-order valence-corrected chi connectivity index (χ2v) is 3.42. The standard InChI is InChI=1S/C6H7BO4S/c1-3-2-4(7(10)11)12-5(3)6(8)9/h2,10-11H,1H3,(H,8,9). The number of aromatic carboxylic acids is 1. The second kappa shape index (κ2) is 3.26. The van der Waals surface area contributed by atoms with Gasteiger partial charge in [0.05, 0.1) is 0 Å². The van der Waals surface area contributed by atoms with Crippen molar-refractivity contribution in [2.24, 2.45) is 0 Å². The SMILES string of the molecule is Cc1cc(B(O)O)sc1C(=O)O. The van der Waals surface area contributed by atoms with Gasteiger partial charge in [-0.3, -0.25) is 0 Å². The Labute approximate surface area is 73.2 Å². The lowest BCUT2D eigenvalue weighted by Crippen LogP contribution is -2.26. The highest BCUT2D eigenvalue weighted by Crippen LogP contribution is 2.13. The molecule has 12 heavy (non-hydrogen) atoms. The zero-order valence-electron chi connectivity index (χ0n) is 6.31. The topological polar surface area (TPSA) is 77.8 Å².